The lowest BCUT2D eigenvalue weighted by molar-refractivity contribution is -0.139. The Bertz CT molecular complexity index is 337. The lowest BCUT2D eigenvalue weighted by Crippen LogP contribution is -2.34. The Morgan fingerprint density at radius 2 is 2.33 bits per heavy atom. The zero-order chi connectivity index (χ0) is 11.6. The maximum absolute atomic E-state index is 10.7. The van der Waals surface area contributed by atoms with Gasteiger partial charge >= 0.3 is 13.6 Å². The summed E-state index contributed by atoms with van der Waals surface area (Å²) in [5.74, 6) is -1.19. The summed E-state index contributed by atoms with van der Waals surface area (Å²) in [6.07, 6.45) is -0.813. The van der Waals surface area contributed by atoms with E-state index in [1.165, 1.54) is 0 Å². The molecular weight excluding hydrogens is 227 g/mol. The molecule has 8 nitrogen and oxygen atoms in total. The van der Waals surface area contributed by atoms with E-state index >= 15 is 0 Å². The molecule has 0 unspecified atom stereocenters. The van der Waals surface area contributed by atoms with Crippen LogP contribution in [0.2, 0.25) is 0 Å². The fourth-order valence-corrected chi connectivity index (χ4v) is 1.69. The highest BCUT2D eigenvalue weighted by atomic mass is 31.2. The average Bonchev–Trinajstić information content (AvgIpc) is 2.51. The first kappa shape index (κ1) is 12.1. The third-order valence-electron chi connectivity index (χ3n) is 1.89. The molecule has 5 N–H and O–H groups in total. The van der Waals surface area contributed by atoms with Gasteiger partial charge in [0.2, 0.25) is 0 Å². The van der Waals surface area contributed by atoms with Crippen LogP contribution >= 0.6 is 7.60 Å². The summed E-state index contributed by atoms with van der Waals surface area (Å²) < 4.78 is 10.7. The molecule has 0 spiro atoms. The zero-order valence-corrected chi connectivity index (χ0v) is 8.50. The van der Waals surface area contributed by atoms with Gasteiger partial charge in [-0.1, -0.05) is 5.16 Å². The van der Waals surface area contributed by atoms with Gasteiger partial charge in [-0.05, 0) is 0 Å². The first-order chi connectivity index (χ1) is 6.80. The molecule has 2 atom stereocenters. The molecular formula is C6H11N2O6P. The lowest BCUT2D eigenvalue weighted by Gasteiger charge is -2.10. The Morgan fingerprint density at radius 1 is 1.73 bits per heavy atom. The number of carboxylic acid groups (broad SMARTS) is 1. The van der Waals surface area contributed by atoms with Crippen LogP contribution in [0.4, 0.5) is 0 Å². The maximum atomic E-state index is 10.7. The Hall–Kier alpha value is -0.950. The number of rotatable bonds is 4. The van der Waals surface area contributed by atoms with Gasteiger partial charge in [0.1, 0.15) is 12.1 Å². The largest absolute Gasteiger partial charge is 0.480 e. The van der Waals surface area contributed by atoms with Gasteiger partial charge in [-0.2, -0.15) is 0 Å². The molecule has 0 saturated carbocycles. The molecule has 0 radical (unpaired) electrons. The molecule has 15 heavy (non-hydrogen) atoms. The third kappa shape index (κ3) is 3.28. The van der Waals surface area contributed by atoms with Crippen molar-refractivity contribution in [2.45, 2.75) is 25.0 Å². The summed E-state index contributed by atoms with van der Waals surface area (Å²) in [5.41, 5.74) is 4.86. The second-order valence-corrected chi connectivity index (χ2v) is 4.77. The van der Waals surface area contributed by atoms with E-state index in [1.807, 2.05) is 0 Å². The molecule has 0 aromatic carbocycles. The molecule has 0 aromatic rings. The van der Waals surface area contributed by atoms with Crippen LogP contribution in [0.1, 0.15) is 12.8 Å². The summed E-state index contributed by atoms with van der Waals surface area (Å²) in [4.78, 5) is 32.5. The van der Waals surface area contributed by atoms with E-state index in [2.05, 4.69) is 9.99 Å². The standard InChI is InChI=1S/C6H11N2O6P/c7-4(6(9)10)1-3-2-5(8-14-3)15(11,12)13/h3-4H,1-2,7H2,(H,9,10)(H2,11,12,13)/t3-,4-/m1/s1. The summed E-state index contributed by atoms with van der Waals surface area (Å²) in [7, 11) is -4.38. The maximum Gasteiger partial charge on any atom is 0.373 e. The number of nitrogens with two attached hydrogens (primary N) is 1. The average molecular weight is 238 g/mol. The second kappa shape index (κ2) is 4.28. The van der Waals surface area contributed by atoms with Crippen LogP contribution in [0.3, 0.4) is 0 Å². The van der Waals surface area contributed by atoms with Crippen molar-refractivity contribution in [1.82, 2.24) is 0 Å². The fourth-order valence-electron chi connectivity index (χ4n) is 1.10. The van der Waals surface area contributed by atoms with Crippen LogP contribution in [0, 0.1) is 0 Å². The molecule has 0 fully saturated rings. The number of nitrogens with zero attached hydrogens (tertiary/aromatic N) is 1. The minimum Gasteiger partial charge on any atom is -0.480 e. The van der Waals surface area contributed by atoms with Gasteiger partial charge in [-0.3, -0.25) is 9.36 Å². The molecule has 0 saturated heterocycles. The highest BCUT2D eigenvalue weighted by Gasteiger charge is 2.34. The summed E-state index contributed by atoms with van der Waals surface area (Å²) >= 11 is 0. The van der Waals surface area contributed by atoms with Crippen molar-refractivity contribution in [2.24, 2.45) is 10.9 Å². The lowest BCUT2D eigenvalue weighted by atomic mass is 10.1. The van der Waals surface area contributed by atoms with E-state index in [1.54, 1.807) is 0 Å². The molecule has 0 aromatic heterocycles. The highest BCUT2D eigenvalue weighted by Crippen LogP contribution is 2.41. The molecule has 0 amide bonds. The Labute approximate surface area is 84.9 Å². The summed E-state index contributed by atoms with van der Waals surface area (Å²) in [6, 6.07) is -1.12. The topological polar surface area (TPSA) is 142 Å². The smallest absolute Gasteiger partial charge is 0.373 e. The van der Waals surface area contributed by atoms with Crippen LogP contribution in [0.25, 0.3) is 0 Å². The molecule has 0 aliphatic carbocycles. The van der Waals surface area contributed by atoms with Crippen molar-refractivity contribution in [2.75, 3.05) is 0 Å². The number of carboxylic acids is 1. The molecule has 1 rings (SSSR count). The molecule has 1 aliphatic heterocycles. The van der Waals surface area contributed by atoms with Crippen molar-refractivity contribution < 1.29 is 29.1 Å². The second-order valence-electron chi connectivity index (χ2n) is 3.16. The molecule has 86 valence electrons. The van der Waals surface area contributed by atoms with Gasteiger partial charge in [-0.25, -0.2) is 0 Å². The van der Waals surface area contributed by atoms with E-state index in [4.69, 9.17) is 20.6 Å². The quantitative estimate of drug-likeness (QED) is 0.463. The van der Waals surface area contributed by atoms with Gasteiger partial charge in [-0.15, -0.1) is 0 Å². The van der Waals surface area contributed by atoms with Crippen molar-refractivity contribution in [3.63, 3.8) is 0 Å². The first-order valence-corrected chi connectivity index (χ1v) is 5.69. The van der Waals surface area contributed by atoms with Crippen LogP contribution in [-0.2, 0) is 14.2 Å². The van der Waals surface area contributed by atoms with Crippen molar-refractivity contribution in [3.05, 3.63) is 0 Å². The predicted molar refractivity (Wildman–Crippen MR) is 49.2 cm³/mol. The highest BCUT2D eigenvalue weighted by molar-refractivity contribution is 7.70. The minimum atomic E-state index is -4.38. The summed E-state index contributed by atoms with van der Waals surface area (Å²) in [6.45, 7) is 0. The molecule has 9 heteroatoms. The zero-order valence-electron chi connectivity index (χ0n) is 7.61. The van der Waals surface area contributed by atoms with E-state index in [9.17, 15) is 9.36 Å². The third-order valence-corrected chi connectivity index (χ3v) is 2.82. The van der Waals surface area contributed by atoms with E-state index in [0.717, 1.165) is 0 Å². The van der Waals surface area contributed by atoms with E-state index in [0.29, 0.717) is 0 Å². The van der Waals surface area contributed by atoms with Crippen LogP contribution in [0.15, 0.2) is 5.16 Å². The van der Waals surface area contributed by atoms with Crippen molar-refractivity contribution in [1.29, 1.82) is 0 Å². The van der Waals surface area contributed by atoms with Gasteiger partial charge < -0.3 is 25.5 Å². The van der Waals surface area contributed by atoms with Gasteiger partial charge in [0.25, 0.3) is 0 Å². The Balaban J connectivity index is 2.48. The van der Waals surface area contributed by atoms with E-state index < -0.39 is 25.7 Å². The monoisotopic (exact) mass is 238 g/mol. The SMILES string of the molecule is N[C@H](C[C@@H]1CC(P(=O)(O)O)=NO1)C(=O)O. The number of hydrogen-bond donors (Lipinski definition) is 4. The van der Waals surface area contributed by atoms with E-state index in [-0.39, 0.29) is 18.3 Å². The molecule has 0 bridgehead atoms. The first-order valence-electron chi connectivity index (χ1n) is 4.08. The Kier molecular flexibility index (Phi) is 3.46. The number of carbonyl (C=O) groups is 1. The normalized spacial score (nSPS) is 23.1. The summed E-state index contributed by atoms with van der Waals surface area (Å²) in [5, 5.41) is 11.7. The van der Waals surface area contributed by atoms with Crippen LogP contribution in [-0.4, -0.2) is 38.5 Å². The minimum absolute atomic E-state index is 0.0394. The van der Waals surface area contributed by atoms with Crippen LogP contribution in [0.5, 0.6) is 0 Å². The van der Waals surface area contributed by atoms with Gasteiger partial charge in [0.05, 0.1) is 0 Å². The fraction of sp³-hybridized carbons (Fsp3) is 0.667. The van der Waals surface area contributed by atoms with Gasteiger partial charge in [0, 0.05) is 12.8 Å². The van der Waals surface area contributed by atoms with Gasteiger partial charge in [0.15, 0.2) is 5.45 Å². The number of oxime groups is 1. The molecule has 1 aliphatic rings. The Morgan fingerprint density at radius 3 is 2.73 bits per heavy atom. The predicted octanol–water partition coefficient (Wildman–Crippen LogP) is -0.932. The van der Waals surface area contributed by atoms with Crippen molar-refractivity contribution >= 4 is 19.0 Å². The van der Waals surface area contributed by atoms with Crippen LogP contribution < -0.4 is 5.73 Å². The van der Waals surface area contributed by atoms with Crippen molar-refractivity contribution in [3.8, 4) is 0 Å². The number of aliphatic carboxylic acids is 1. The molecule has 1 heterocycles. The number of hydrogen-bond acceptors (Lipinski definition) is 5.